The van der Waals surface area contributed by atoms with Gasteiger partial charge in [0.1, 0.15) is 6.29 Å². The molecule has 170 valence electrons. The van der Waals surface area contributed by atoms with E-state index in [0.717, 1.165) is 45.2 Å². The molecule has 0 spiro atoms. The first-order valence-electron chi connectivity index (χ1n) is 11.9. The van der Waals surface area contributed by atoms with E-state index in [4.69, 9.17) is 9.82 Å². The summed E-state index contributed by atoms with van der Waals surface area (Å²) in [6.45, 7) is 10.3. The van der Waals surface area contributed by atoms with Crippen LogP contribution in [0, 0.1) is 0 Å². The smallest absolute Gasteiger partial charge is 0.139 e. The quantitative estimate of drug-likeness (QED) is 0.420. The van der Waals surface area contributed by atoms with Gasteiger partial charge in [0.15, 0.2) is 0 Å². The summed E-state index contributed by atoms with van der Waals surface area (Å²) in [6, 6.07) is 13.0. The van der Waals surface area contributed by atoms with Gasteiger partial charge in [-0.3, -0.25) is 14.7 Å². The lowest BCUT2D eigenvalue weighted by molar-refractivity contribution is -0.209. The van der Waals surface area contributed by atoms with Crippen LogP contribution in [0.3, 0.4) is 0 Å². The third kappa shape index (κ3) is 5.52. The molecule has 1 atom stereocenters. The lowest BCUT2D eigenvalue weighted by atomic mass is 9.87. The van der Waals surface area contributed by atoms with E-state index < -0.39 is 0 Å². The largest absolute Gasteiger partial charge is 0.302 e. The fourth-order valence-corrected chi connectivity index (χ4v) is 4.80. The standard InChI is InChI=1S/C27H35N3O2/c1-3-5-9-27(19-31)30-17-24-16-22(10-11-23(24)20-32-30)21-12-14-29(15-13-21)18-26-8-6-7-25(4-2)28-26/h3,6-8,10-11,16,19,21,27H,1,4-5,9,12-15,17-18,20H2,2H3. The van der Waals surface area contributed by atoms with Gasteiger partial charge in [0.2, 0.25) is 0 Å². The third-order valence-corrected chi connectivity index (χ3v) is 6.81. The van der Waals surface area contributed by atoms with E-state index in [0.29, 0.717) is 19.1 Å². The summed E-state index contributed by atoms with van der Waals surface area (Å²) in [7, 11) is 0. The predicted molar refractivity (Wildman–Crippen MR) is 127 cm³/mol. The molecule has 2 aromatic rings. The Hall–Kier alpha value is -2.34. The molecule has 5 nitrogen and oxygen atoms in total. The summed E-state index contributed by atoms with van der Waals surface area (Å²) >= 11 is 0. The summed E-state index contributed by atoms with van der Waals surface area (Å²) in [5.74, 6) is 0.588. The van der Waals surface area contributed by atoms with Gasteiger partial charge in [0.05, 0.1) is 24.9 Å². The molecule has 0 amide bonds. The van der Waals surface area contributed by atoms with Crippen molar-refractivity contribution < 1.29 is 9.63 Å². The second-order valence-electron chi connectivity index (χ2n) is 8.97. The molecule has 2 aliphatic heterocycles. The second-order valence-corrected chi connectivity index (χ2v) is 8.97. The molecule has 0 N–H and O–H groups in total. The number of piperidine rings is 1. The van der Waals surface area contributed by atoms with Crippen LogP contribution in [-0.4, -0.2) is 40.4 Å². The predicted octanol–water partition coefficient (Wildman–Crippen LogP) is 4.80. The van der Waals surface area contributed by atoms with Crippen molar-refractivity contribution in [2.75, 3.05) is 13.1 Å². The molecule has 0 saturated carbocycles. The highest BCUT2D eigenvalue weighted by molar-refractivity contribution is 5.57. The average Bonchev–Trinajstić information content (AvgIpc) is 2.84. The first-order chi connectivity index (χ1) is 15.7. The van der Waals surface area contributed by atoms with Crippen molar-refractivity contribution in [3.63, 3.8) is 0 Å². The van der Waals surface area contributed by atoms with Gasteiger partial charge in [-0.2, -0.15) is 5.06 Å². The Labute approximate surface area is 192 Å². The number of rotatable bonds is 9. The zero-order valence-electron chi connectivity index (χ0n) is 19.2. The van der Waals surface area contributed by atoms with Crippen LogP contribution in [0.5, 0.6) is 0 Å². The number of hydroxylamine groups is 2. The van der Waals surface area contributed by atoms with Crippen molar-refractivity contribution in [1.29, 1.82) is 0 Å². The molecule has 5 heteroatoms. The molecule has 4 rings (SSSR count). The number of fused-ring (bicyclic) bond motifs is 1. The normalized spacial score (nSPS) is 18.8. The summed E-state index contributed by atoms with van der Waals surface area (Å²) in [4.78, 5) is 24.7. The maximum absolute atomic E-state index is 11.6. The van der Waals surface area contributed by atoms with Gasteiger partial charge >= 0.3 is 0 Å². The van der Waals surface area contributed by atoms with Gasteiger partial charge in [-0.15, -0.1) is 6.58 Å². The fourth-order valence-electron chi connectivity index (χ4n) is 4.80. The van der Waals surface area contributed by atoms with E-state index in [-0.39, 0.29) is 6.04 Å². The van der Waals surface area contributed by atoms with Crippen LogP contribution in [-0.2, 0) is 35.7 Å². The number of carbonyl (C=O) groups excluding carboxylic acids is 1. The van der Waals surface area contributed by atoms with Gasteiger partial charge in [-0.25, -0.2) is 0 Å². The van der Waals surface area contributed by atoms with Crippen LogP contribution in [0.4, 0.5) is 0 Å². The number of allylic oxidation sites excluding steroid dienone is 1. The van der Waals surface area contributed by atoms with Crippen molar-refractivity contribution in [2.45, 2.75) is 70.7 Å². The Kier molecular flexibility index (Phi) is 7.85. The molecular weight excluding hydrogens is 398 g/mol. The highest BCUT2D eigenvalue weighted by atomic mass is 16.7. The van der Waals surface area contributed by atoms with Crippen molar-refractivity contribution in [2.24, 2.45) is 0 Å². The average molecular weight is 434 g/mol. The first kappa shape index (κ1) is 22.8. The van der Waals surface area contributed by atoms with Gasteiger partial charge < -0.3 is 4.79 Å². The van der Waals surface area contributed by atoms with Gasteiger partial charge in [0, 0.05) is 12.2 Å². The molecule has 3 heterocycles. The van der Waals surface area contributed by atoms with Gasteiger partial charge in [-0.1, -0.05) is 37.3 Å². The van der Waals surface area contributed by atoms with Crippen molar-refractivity contribution in [1.82, 2.24) is 14.9 Å². The highest BCUT2D eigenvalue weighted by Crippen LogP contribution is 2.32. The zero-order chi connectivity index (χ0) is 22.3. The number of likely N-dealkylation sites (tertiary alicyclic amines) is 1. The molecule has 1 fully saturated rings. The van der Waals surface area contributed by atoms with E-state index >= 15 is 0 Å². The number of aromatic nitrogens is 1. The summed E-state index contributed by atoms with van der Waals surface area (Å²) < 4.78 is 0. The number of carbonyl (C=O) groups is 1. The topological polar surface area (TPSA) is 45.7 Å². The Morgan fingerprint density at radius 3 is 2.75 bits per heavy atom. The van der Waals surface area contributed by atoms with E-state index in [1.807, 2.05) is 11.1 Å². The number of benzene rings is 1. The number of nitrogens with zero attached hydrogens (tertiary/aromatic N) is 3. The maximum Gasteiger partial charge on any atom is 0.139 e. The summed E-state index contributed by atoms with van der Waals surface area (Å²) in [6.07, 6.45) is 7.74. The molecule has 1 aromatic carbocycles. The minimum Gasteiger partial charge on any atom is -0.302 e. The minimum atomic E-state index is -0.215. The van der Waals surface area contributed by atoms with Crippen molar-refractivity contribution in [3.8, 4) is 0 Å². The summed E-state index contributed by atoms with van der Waals surface area (Å²) in [5, 5.41) is 1.85. The van der Waals surface area contributed by atoms with Crippen molar-refractivity contribution >= 4 is 6.29 Å². The molecule has 1 aromatic heterocycles. The monoisotopic (exact) mass is 433 g/mol. The Morgan fingerprint density at radius 2 is 2.00 bits per heavy atom. The number of hydrogen-bond donors (Lipinski definition) is 0. The van der Waals surface area contributed by atoms with Gasteiger partial charge in [0.25, 0.3) is 0 Å². The molecule has 0 bridgehead atoms. The Balaban J connectivity index is 1.36. The minimum absolute atomic E-state index is 0.215. The van der Waals surface area contributed by atoms with Gasteiger partial charge in [-0.05, 0) is 79.9 Å². The van der Waals surface area contributed by atoms with Crippen LogP contribution < -0.4 is 0 Å². The summed E-state index contributed by atoms with van der Waals surface area (Å²) in [5.41, 5.74) is 6.30. The third-order valence-electron chi connectivity index (χ3n) is 6.81. The zero-order valence-corrected chi connectivity index (χ0v) is 19.2. The molecule has 2 aliphatic rings. The number of aryl methyl sites for hydroxylation is 1. The van der Waals surface area contributed by atoms with Crippen LogP contribution in [0.15, 0.2) is 49.1 Å². The number of pyridine rings is 1. The molecule has 32 heavy (non-hydrogen) atoms. The van der Waals surface area contributed by atoms with Crippen LogP contribution in [0.1, 0.15) is 66.6 Å². The Bertz CT molecular complexity index is 921. The second kappa shape index (κ2) is 11.0. The maximum atomic E-state index is 11.6. The lowest BCUT2D eigenvalue weighted by Gasteiger charge is -2.34. The van der Waals surface area contributed by atoms with Crippen LogP contribution in [0.25, 0.3) is 0 Å². The number of aldehydes is 1. The van der Waals surface area contributed by atoms with Crippen LogP contribution >= 0.6 is 0 Å². The first-order valence-corrected chi connectivity index (χ1v) is 11.9. The van der Waals surface area contributed by atoms with E-state index in [2.05, 4.69) is 54.8 Å². The molecule has 0 aliphatic carbocycles. The molecular formula is C27H35N3O2. The SMILES string of the molecule is C=CCCC(C=O)N1Cc2cc(C3CCN(Cc4cccc(CC)n4)CC3)ccc2CO1. The van der Waals surface area contributed by atoms with E-state index in [1.54, 1.807) is 0 Å². The van der Waals surface area contributed by atoms with E-state index in [9.17, 15) is 4.79 Å². The lowest BCUT2D eigenvalue weighted by Crippen LogP contribution is -2.38. The van der Waals surface area contributed by atoms with Crippen LogP contribution in [0.2, 0.25) is 0 Å². The highest BCUT2D eigenvalue weighted by Gasteiger charge is 2.26. The van der Waals surface area contributed by atoms with E-state index in [1.165, 1.54) is 40.9 Å². The Morgan fingerprint density at radius 1 is 1.19 bits per heavy atom. The molecule has 1 saturated heterocycles. The molecule has 1 unspecified atom stereocenters. The fraction of sp³-hybridized carbons (Fsp3) is 0.481. The van der Waals surface area contributed by atoms with Crippen molar-refractivity contribution in [3.05, 3.63) is 77.1 Å². The molecule has 0 radical (unpaired) electrons. The number of hydrogen-bond acceptors (Lipinski definition) is 5.